The van der Waals surface area contributed by atoms with Crippen molar-refractivity contribution in [2.45, 2.75) is 44.1 Å². The van der Waals surface area contributed by atoms with Crippen molar-refractivity contribution in [3.05, 3.63) is 71.1 Å². The summed E-state index contributed by atoms with van der Waals surface area (Å²) < 4.78 is 1.86. The second-order valence-corrected chi connectivity index (χ2v) is 9.63. The van der Waals surface area contributed by atoms with Crippen LogP contribution in [0.3, 0.4) is 0 Å². The minimum atomic E-state index is -0.0364. The zero-order chi connectivity index (χ0) is 23.9. The summed E-state index contributed by atoms with van der Waals surface area (Å²) in [6, 6.07) is 12.8. The van der Waals surface area contributed by atoms with Crippen LogP contribution < -0.4 is 15.5 Å². The average Bonchev–Trinajstić information content (AvgIpc) is 3.52. The fourth-order valence-corrected chi connectivity index (χ4v) is 4.97. The predicted molar refractivity (Wildman–Crippen MR) is 135 cm³/mol. The van der Waals surface area contributed by atoms with Gasteiger partial charge >= 0.3 is 0 Å². The lowest BCUT2D eigenvalue weighted by Crippen LogP contribution is -2.33. The Morgan fingerprint density at radius 3 is 2.74 bits per heavy atom. The molecular weight excluding hydrogens is 438 g/mol. The summed E-state index contributed by atoms with van der Waals surface area (Å²) >= 11 is 0. The molecule has 0 unspecified atom stereocenters. The monoisotopic (exact) mass is 465 g/mol. The van der Waals surface area contributed by atoms with Gasteiger partial charge in [0.15, 0.2) is 5.65 Å². The second-order valence-electron chi connectivity index (χ2n) is 9.63. The maximum atomic E-state index is 11.8. The molecule has 4 heterocycles. The Morgan fingerprint density at radius 1 is 1.20 bits per heavy atom. The van der Waals surface area contributed by atoms with Crippen molar-refractivity contribution < 1.29 is 4.79 Å². The number of allylic oxidation sites excluding steroid dienone is 1. The normalized spacial score (nSPS) is 19.9. The largest absolute Gasteiger partial charge is 0.367 e. The highest BCUT2D eigenvalue weighted by molar-refractivity contribution is 5.89. The molecule has 35 heavy (non-hydrogen) atoms. The van der Waals surface area contributed by atoms with Crippen LogP contribution in [0.2, 0.25) is 0 Å². The van der Waals surface area contributed by atoms with E-state index in [2.05, 4.69) is 45.4 Å². The Hall–Kier alpha value is -4.12. The van der Waals surface area contributed by atoms with E-state index in [4.69, 9.17) is 4.98 Å². The summed E-state index contributed by atoms with van der Waals surface area (Å²) in [5.41, 5.74) is 5.12. The number of aromatic nitrogens is 3. The van der Waals surface area contributed by atoms with Crippen LogP contribution in [-0.2, 0) is 4.79 Å². The zero-order valence-electron chi connectivity index (χ0n) is 19.5. The third-order valence-electron chi connectivity index (χ3n) is 7.08. The highest BCUT2D eigenvalue weighted by Gasteiger charge is 2.26. The lowest BCUT2D eigenvalue weighted by atomic mass is 9.88. The van der Waals surface area contributed by atoms with Crippen molar-refractivity contribution in [3.63, 3.8) is 0 Å². The first kappa shape index (κ1) is 21.4. The van der Waals surface area contributed by atoms with Gasteiger partial charge in [0.05, 0.1) is 24.3 Å². The van der Waals surface area contributed by atoms with Crippen LogP contribution in [0, 0.1) is 11.3 Å². The van der Waals surface area contributed by atoms with Gasteiger partial charge in [-0.05, 0) is 60.9 Å². The lowest BCUT2D eigenvalue weighted by molar-refractivity contribution is -0.118. The Balaban J connectivity index is 1.30. The summed E-state index contributed by atoms with van der Waals surface area (Å²) in [6.07, 6.45) is 8.45. The summed E-state index contributed by atoms with van der Waals surface area (Å²) in [6.45, 7) is 5.75. The number of carbonyl (C=O) groups excluding carboxylic acids is 1. The number of fused-ring (bicyclic) bond motifs is 1. The molecule has 2 aliphatic heterocycles. The molecule has 1 saturated carbocycles. The Kier molecular flexibility index (Phi) is 5.25. The van der Waals surface area contributed by atoms with Crippen LogP contribution in [0.15, 0.2) is 54.4 Å². The molecule has 0 bridgehead atoms. The molecule has 1 aromatic carbocycles. The summed E-state index contributed by atoms with van der Waals surface area (Å²) in [7, 11) is 0. The molecule has 0 atom stereocenters. The van der Waals surface area contributed by atoms with Crippen molar-refractivity contribution >= 4 is 29.3 Å². The number of piperidine rings is 1. The molecule has 0 spiro atoms. The molecule has 3 aliphatic rings. The van der Waals surface area contributed by atoms with E-state index in [1.807, 2.05) is 35.0 Å². The average molecular weight is 466 g/mol. The molecule has 8 nitrogen and oxygen atoms in total. The van der Waals surface area contributed by atoms with E-state index >= 15 is 0 Å². The maximum absolute atomic E-state index is 11.8. The number of nitrogens with one attached hydrogen (secondary N) is 2. The third kappa shape index (κ3) is 4.26. The van der Waals surface area contributed by atoms with Crippen LogP contribution in [0.5, 0.6) is 0 Å². The van der Waals surface area contributed by atoms with Gasteiger partial charge in [0.25, 0.3) is 0 Å². The molecule has 6 rings (SSSR count). The minimum absolute atomic E-state index is 0.0364. The van der Waals surface area contributed by atoms with Gasteiger partial charge in [0.1, 0.15) is 11.6 Å². The molecule has 2 saturated heterocycles. The van der Waals surface area contributed by atoms with E-state index < -0.39 is 0 Å². The number of benzene rings is 1. The van der Waals surface area contributed by atoms with Crippen LogP contribution in [0.4, 0.5) is 11.6 Å². The van der Waals surface area contributed by atoms with Gasteiger partial charge in [-0.25, -0.2) is 4.98 Å². The molecule has 3 fully saturated rings. The van der Waals surface area contributed by atoms with E-state index in [9.17, 15) is 10.1 Å². The molecule has 1 aliphatic carbocycles. The molecule has 1 amide bonds. The molecule has 2 N–H and O–H groups in total. The summed E-state index contributed by atoms with van der Waals surface area (Å²) in [5.74, 6) is 2.29. The third-order valence-corrected chi connectivity index (χ3v) is 7.08. The van der Waals surface area contributed by atoms with Gasteiger partial charge < -0.3 is 15.5 Å². The molecule has 3 aromatic rings. The van der Waals surface area contributed by atoms with Gasteiger partial charge in [-0.2, -0.15) is 14.9 Å². The number of rotatable bonds is 5. The number of carbonyl (C=O) groups is 1. The Bertz CT molecular complexity index is 1400. The van der Waals surface area contributed by atoms with Gasteiger partial charge in [0.2, 0.25) is 5.91 Å². The SMILES string of the molecule is C=C1NC(=O)C/C1=C\c1cnn2c(NC3CC3)cc(N3CCC(c4cccc(C#N)c4)CC3)nc12. The highest BCUT2D eigenvalue weighted by atomic mass is 16.1. The smallest absolute Gasteiger partial charge is 0.228 e. The van der Waals surface area contributed by atoms with E-state index in [1.54, 1.807) is 0 Å². The molecular formula is C27H27N7O. The topological polar surface area (TPSA) is 98.4 Å². The van der Waals surface area contributed by atoms with Crippen molar-refractivity contribution in [1.29, 1.82) is 5.26 Å². The first-order chi connectivity index (χ1) is 17.1. The number of nitrogens with zero attached hydrogens (tertiary/aromatic N) is 5. The van der Waals surface area contributed by atoms with E-state index in [-0.39, 0.29) is 5.91 Å². The lowest BCUT2D eigenvalue weighted by Gasteiger charge is -2.33. The van der Waals surface area contributed by atoms with E-state index in [0.717, 1.165) is 72.8 Å². The first-order valence-electron chi connectivity index (χ1n) is 12.2. The number of hydrogen-bond donors (Lipinski definition) is 2. The van der Waals surface area contributed by atoms with Crippen molar-refractivity contribution in [2.24, 2.45) is 0 Å². The Morgan fingerprint density at radius 2 is 2.03 bits per heavy atom. The first-order valence-corrected chi connectivity index (χ1v) is 12.2. The van der Waals surface area contributed by atoms with Gasteiger partial charge in [0, 0.05) is 36.5 Å². The quantitative estimate of drug-likeness (QED) is 0.592. The minimum Gasteiger partial charge on any atom is -0.367 e. The molecule has 2 aromatic heterocycles. The van der Waals surface area contributed by atoms with E-state index in [1.165, 1.54) is 5.56 Å². The highest BCUT2D eigenvalue weighted by Crippen LogP contribution is 2.33. The van der Waals surface area contributed by atoms with Gasteiger partial charge in [-0.1, -0.05) is 18.7 Å². The molecule has 0 radical (unpaired) electrons. The molecule has 176 valence electrons. The Labute approximate surface area is 204 Å². The fourth-order valence-electron chi connectivity index (χ4n) is 4.97. The maximum Gasteiger partial charge on any atom is 0.228 e. The van der Waals surface area contributed by atoms with Crippen molar-refractivity contribution in [1.82, 2.24) is 19.9 Å². The molecule has 8 heteroatoms. The fraction of sp³-hybridized carbons (Fsp3) is 0.333. The summed E-state index contributed by atoms with van der Waals surface area (Å²) in [4.78, 5) is 19.1. The standard InChI is InChI=1S/C27H27N7O/c1-17-21(13-26(35)30-17)12-22-16-29-34-25(31-23-5-6-23)14-24(32-27(22)34)33-9-7-19(8-10-33)20-4-2-3-18(11-20)15-28/h2-4,11-12,14,16,19,23,31H,1,5-10,13H2,(H,30,35)/b21-12+. The summed E-state index contributed by atoms with van der Waals surface area (Å²) in [5, 5.41) is 20.2. The van der Waals surface area contributed by atoms with Crippen LogP contribution in [-0.4, -0.2) is 39.6 Å². The van der Waals surface area contributed by atoms with Crippen molar-refractivity contribution in [2.75, 3.05) is 23.3 Å². The number of anilines is 2. The van der Waals surface area contributed by atoms with Gasteiger partial charge in [-0.3, -0.25) is 4.79 Å². The van der Waals surface area contributed by atoms with Crippen LogP contribution in [0.1, 0.15) is 54.7 Å². The number of amides is 1. The van der Waals surface area contributed by atoms with Crippen molar-refractivity contribution in [3.8, 4) is 6.07 Å². The van der Waals surface area contributed by atoms with E-state index in [0.29, 0.717) is 24.1 Å². The predicted octanol–water partition coefficient (Wildman–Crippen LogP) is 3.98. The zero-order valence-corrected chi connectivity index (χ0v) is 19.5. The van der Waals surface area contributed by atoms with Crippen LogP contribution in [0.25, 0.3) is 11.7 Å². The van der Waals surface area contributed by atoms with Gasteiger partial charge in [-0.15, -0.1) is 0 Å². The number of nitriles is 1. The number of hydrogen-bond acceptors (Lipinski definition) is 6. The van der Waals surface area contributed by atoms with Crippen LogP contribution >= 0.6 is 0 Å². The second kappa shape index (κ2) is 8.58.